The van der Waals surface area contributed by atoms with E-state index in [1.807, 2.05) is 20.8 Å². The lowest BCUT2D eigenvalue weighted by molar-refractivity contribution is -0.151. The van der Waals surface area contributed by atoms with E-state index < -0.39 is 12.1 Å². The number of rotatable bonds is 2. The third-order valence-corrected chi connectivity index (χ3v) is 4.55. The number of hydrogen-bond acceptors (Lipinski definition) is 3. The highest BCUT2D eigenvalue weighted by Crippen LogP contribution is 2.49. The van der Waals surface area contributed by atoms with Crippen LogP contribution in [0.4, 0.5) is 0 Å². The van der Waals surface area contributed by atoms with Crippen molar-refractivity contribution in [1.29, 1.82) is 0 Å². The van der Waals surface area contributed by atoms with Crippen molar-refractivity contribution in [2.75, 3.05) is 0 Å². The van der Waals surface area contributed by atoms with Crippen LogP contribution >= 0.6 is 0 Å². The second-order valence-electron chi connectivity index (χ2n) is 6.59. The van der Waals surface area contributed by atoms with E-state index in [4.69, 9.17) is 4.74 Å². The molecular formula is C17H24O3. The molecule has 110 valence electrons. The van der Waals surface area contributed by atoms with Crippen LogP contribution in [0.2, 0.25) is 0 Å². The van der Waals surface area contributed by atoms with E-state index in [9.17, 15) is 9.59 Å². The SMILES string of the molecule is CC(C)=CC(=O)OC1C[C@]2(C)CCCCC2=C(C)C1=O. The Morgan fingerprint density at radius 2 is 2.05 bits per heavy atom. The molecular weight excluding hydrogens is 252 g/mol. The number of allylic oxidation sites excluding steroid dienone is 2. The fourth-order valence-electron chi connectivity index (χ4n) is 3.53. The van der Waals surface area contributed by atoms with Crippen LogP contribution in [0.3, 0.4) is 0 Å². The molecule has 2 atom stereocenters. The molecule has 0 aromatic rings. The molecule has 0 saturated heterocycles. The van der Waals surface area contributed by atoms with E-state index >= 15 is 0 Å². The molecule has 2 aliphatic carbocycles. The van der Waals surface area contributed by atoms with Crippen LogP contribution in [-0.2, 0) is 14.3 Å². The zero-order chi connectivity index (χ0) is 14.9. The summed E-state index contributed by atoms with van der Waals surface area (Å²) in [6, 6.07) is 0. The highest BCUT2D eigenvalue weighted by molar-refractivity contribution is 6.01. The first kappa shape index (κ1) is 15.0. The summed E-state index contributed by atoms with van der Waals surface area (Å²) >= 11 is 0. The summed E-state index contributed by atoms with van der Waals surface area (Å²) in [5.74, 6) is -0.408. The van der Waals surface area contributed by atoms with Crippen molar-refractivity contribution >= 4 is 11.8 Å². The smallest absolute Gasteiger partial charge is 0.331 e. The molecule has 0 aromatic carbocycles. The number of ether oxygens (including phenoxy) is 1. The van der Waals surface area contributed by atoms with Gasteiger partial charge in [-0.1, -0.05) is 24.5 Å². The van der Waals surface area contributed by atoms with Crippen molar-refractivity contribution in [2.45, 2.75) is 65.9 Å². The van der Waals surface area contributed by atoms with Crippen molar-refractivity contribution in [2.24, 2.45) is 5.41 Å². The van der Waals surface area contributed by atoms with Gasteiger partial charge in [-0.2, -0.15) is 0 Å². The number of esters is 1. The van der Waals surface area contributed by atoms with Gasteiger partial charge < -0.3 is 4.74 Å². The van der Waals surface area contributed by atoms with E-state index in [0.717, 1.165) is 30.4 Å². The average molecular weight is 276 g/mol. The Morgan fingerprint density at radius 1 is 1.35 bits per heavy atom. The first-order valence-electron chi connectivity index (χ1n) is 7.43. The van der Waals surface area contributed by atoms with Crippen molar-refractivity contribution < 1.29 is 14.3 Å². The van der Waals surface area contributed by atoms with Crippen molar-refractivity contribution in [3.63, 3.8) is 0 Å². The number of carbonyl (C=O) groups is 2. The summed E-state index contributed by atoms with van der Waals surface area (Å²) in [5, 5.41) is 0. The molecule has 2 rings (SSSR count). The number of Topliss-reactive ketones (excluding diaryl/α,β-unsaturated/α-hetero) is 1. The lowest BCUT2D eigenvalue weighted by Crippen LogP contribution is -2.41. The Labute approximate surface area is 121 Å². The molecule has 0 aromatic heterocycles. The molecule has 3 heteroatoms. The second-order valence-corrected chi connectivity index (χ2v) is 6.59. The molecule has 0 heterocycles. The van der Waals surface area contributed by atoms with Gasteiger partial charge in [0, 0.05) is 12.5 Å². The minimum atomic E-state index is -0.607. The molecule has 3 nitrogen and oxygen atoms in total. The van der Waals surface area contributed by atoms with Crippen LogP contribution in [0, 0.1) is 5.41 Å². The minimum absolute atomic E-state index is 0.00474. The van der Waals surface area contributed by atoms with E-state index in [1.54, 1.807) is 0 Å². The number of ketones is 1. The van der Waals surface area contributed by atoms with E-state index in [0.29, 0.717) is 6.42 Å². The van der Waals surface area contributed by atoms with Gasteiger partial charge in [0.15, 0.2) is 11.9 Å². The summed E-state index contributed by atoms with van der Waals surface area (Å²) in [5.41, 5.74) is 3.04. The summed E-state index contributed by atoms with van der Waals surface area (Å²) in [6.07, 6.45) is 5.94. The van der Waals surface area contributed by atoms with Crippen LogP contribution in [0.15, 0.2) is 22.8 Å². The molecule has 0 spiro atoms. The number of hydrogen-bond donors (Lipinski definition) is 0. The molecule has 0 N–H and O–H groups in total. The lowest BCUT2D eigenvalue weighted by atomic mass is 9.63. The normalized spacial score (nSPS) is 29.8. The zero-order valence-electron chi connectivity index (χ0n) is 12.9. The summed E-state index contributed by atoms with van der Waals surface area (Å²) in [6.45, 7) is 7.78. The monoisotopic (exact) mass is 276 g/mol. The lowest BCUT2D eigenvalue weighted by Gasteiger charge is -2.43. The maximum absolute atomic E-state index is 12.4. The van der Waals surface area contributed by atoms with Crippen LogP contribution in [-0.4, -0.2) is 17.9 Å². The topological polar surface area (TPSA) is 43.4 Å². The molecule has 0 bridgehead atoms. The van der Waals surface area contributed by atoms with Crippen molar-refractivity contribution in [3.8, 4) is 0 Å². The average Bonchev–Trinajstić information content (AvgIpc) is 2.34. The van der Waals surface area contributed by atoms with Gasteiger partial charge in [-0.05, 0) is 51.0 Å². The fraction of sp³-hybridized carbons (Fsp3) is 0.647. The van der Waals surface area contributed by atoms with Gasteiger partial charge in [0.05, 0.1) is 0 Å². The molecule has 2 aliphatic rings. The van der Waals surface area contributed by atoms with Gasteiger partial charge >= 0.3 is 5.97 Å². The third kappa shape index (κ3) is 2.87. The molecule has 0 aliphatic heterocycles. The predicted octanol–water partition coefficient (Wildman–Crippen LogP) is 3.73. The highest BCUT2D eigenvalue weighted by atomic mass is 16.5. The predicted molar refractivity (Wildman–Crippen MR) is 78.2 cm³/mol. The summed E-state index contributed by atoms with van der Waals surface area (Å²) in [4.78, 5) is 24.2. The number of carbonyl (C=O) groups excluding carboxylic acids is 2. The Kier molecular flexibility index (Phi) is 4.17. The standard InChI is InChI=1S/C17H24O3/c1-11(2)9-15(18)20-14-10-17(4)8-6-5-7-13(17)12(3)16(14)19/h9,14H,5-8,10H2,1-4H3/t14?,17-/m0/s1. The number of fused-ring (bicyclic) bond motifs is 1. The Bertz CT molecular complexity index is 494. The zero-order valence-corrected chi connectivity index (χ0v) is 12.9. The van der Waals surface area contributed by atoms with Gasteiger partial charge in [0.25, 0.3) is 0 Å². The first-order chi connectivity index (χ1) is 9.33. The van der Waals surface area contributed by atoms with Gasteiger partial charge in [-0.15, -0.1) is 0 Å². The van der Waals surface area contributed by atoms with Crippen molar-refractivity contribution in [3.05, 3.63) is 22.8 Å². The molecule has 1 unspecified atom stereocenters. The fourth-order valence-corrected chi connectivity index (χ4v) is 3.53. The van der Waals surface area contributed by atoms with E-state index in [-0.39, 0.29) is 11.2 Å². The van der Waals surface area contributed by atoms with Crippen LogP contribution in [0.1, 0.15) is 59.8 Å². The van der Waals surface area contributed by atoms with Gasteiger partial charge in [-0.3, -0.25) is 4.79 Å². The first-order valence-corrected chi connectivity index (χ1v) is 7.43. The highest BCUT2D eigenvalue weighted by Gasteiger charge is 2.43. The molecule has 0 radical (unpaired) electrons. The van der Waals surface area contributed by atoms with Crippen LogP contribution < -0.4 is 0 Å². The maximum Gasteiger partial charge on any atom is 0.331 e. The van der Waals surface area contributed by atoms with Gasteiger partial charge in [-0.25, -0.2) is 4.79 Å². The van der Waals surface area contributed by atoms with Crippen LogP contribution in [0.5, 0.6) is 0 Å². The largest absolute Gasteiger partial charge is 0.451 e. The minimum Gasteiger partial charge on any atom is -0.451 e. The Hall–Kier alpha value is -1.38. The second kappa shape index (κ2) is 5.55. The third-order valence-electron chi connectivity index (χ3n) is 4.55. The van der Waals surface area contributed by atoms with E-state index in [1.165, 1.54) is 18.1 Å². The van der Waals surface area contributed by atoms with Gasteiger partial charge in [0.2, 0.25) is 0 Å². The Morgan fingerprint density at radius 3 is 2.70 bits per heavy atom. The van der Waals surface area contributed by atoms with Gasteiger partial charge in [0.1, 0.15) is 0 Å². The Balaban J connectivity index is 2.22. The molecule has 1 saturated carbocycles. The quantitative estimate of drug-likeness (QED) is 0.570. The van der Waals surface area contributed by atoms with Crippen molar-refractivity contribution in [1.82, 2.24) is 0 Å². The van der Waals surface area contributed by atoms with E-state index in [2.05, 4.69) is 6.92 Å². The summed E-state index contributed by atoms with van der Waals surface area (Å²) in [7, 11) is 0. The molecule has 1 fully saturated rings. The summed E-state index contributed by atoms with van der Waals surface area (Å²) < 4.78 is 5.40. The van der Waals surface area contributed by atoms with Crippen LogP contribution in [0.25, 0.3) is 0 Å². The molecule has 20 heavy (non-hydrogen) atoms. The maximum atomic E-state index is 12.4. The molecule has 0 amide bonds.